The maximum absolute atomic E-state index is 12.7. The van der Waals surface area contributed by atoms with E-state index in [2.05, 4.69) is 11.9 Å². The van der Waals surface area contributed by atoms with Gasteiger partial charge in [0, 0.05) is 4.88 Å². The molecule has 0 bridgehead atoms. The second-order valence-corrected chi connectivity index (χ2v) is 7.01. The molecule has 2 aromatic rings. The molecule has 1 atom stereocenters. The summed E-state index contributed by atoms with van der Waals surface area (Å²) in [5, 5.41) is 0.706. The molecule has 6 heteroatoms. The van der Waals surface area contributed by atoms with Crippen LogP contribution in [0.1, 0.15) is 37.1 Å². The molecular formula is C16H20N2O3S. The summed E-state index contributed by atoms with van der Waals surface area (Å²) >= 11 is 1.62. The first kappa shape index (κ1) is 15.2. The van der Waals surface area contributed by atoms with Crippen LogP contribution in [-0.4, -0.2) is 22.1 Å². The molecule has 2 heterocycles. The quantitative estimate of drug-likeness (QED) is 0.812. The van der Waals surface area contributed by atoms with Crippen molar-refractivity contribution >= 4 is 27.5 Å². The van der Waals surface area contributed by atoms with Crippen LogP contribution in [0.5, 0.6) is 0 Å². The van der Waals surface area contributed by atoms with Gasteiger partial charge in [0.05, 0.1) is 18.3 Å². The minimum Gasteiger partial charge on any atom is -0.464 e. The highest BCUT2D eigenvalue weighted by atomic mass is 32.1. The minimum atomic E-state index is -0.386. The second kappa shape index (κ2) is 6.20. The van der Waals surface area contributed by atoms with Crippen molar-refractivity contribution < 1.29 is 9.53 Å². The van der Waals surface area contributed by atoms with Crippen molar-refractivity contribution in [3.63, 3.8) is 0 Å². The Morgan fingerprint density at radius 1 is 1.55 bits per heavy atom. The lowest BCUT2D eigenvalue weighted by molar-refractivity contribution is -0.144. The molecule has 0 radical (unpaired) electrons. The molecular weight excluding hydrogens is 300 g/mol. The van der Waals surface area contributed by atoms with Crippen molar-refractivity contribution in [1.29, 1.82) is 0 Å². The molecule has 118 valence electrons. The summed E-state index contributed by atoms with van der Waals surface area (Å²) in [5.74, 6) is 0.273. The predicted octanol–water partition coefficient (Wildman–Crippen LogP) is 2.54. The number of carbonyl (C=O) groups excluding carboxylic acids is 1. The zero-order chi connectivity index (χ0) is 15.7. The van der Waals surface area contributed by atoms with Gasteiger partial charge in [0.15, 0.2) is 0 Å². The number of nitrogens with zero attached hydrogens (tertiary/aromatic N) is 2. The van der Waals surface area contributed by atoms with Gasteiger partial charge in [0.1, 0.15) is 11.4 Å². The average Bonchev–Trinajstić information content (AvgIpc) is 2.86. The lowest BCUT2D eigenvalue weighted by atomic mass is 9.89. The van der Waals surface area contributed by atoms with Crippen LogP contribution in [0, 0.1) is 5.92 Å². The Labute approximate surface area is 132 Å². The van der Waals surface area contributed by atoms with E-state index in [0.29, 0.717) is 17.9 Å². The third-order valence-electron chi connectivity index (χ3n) is 4.05. The molecule has 0 spiro atoms. The summed E-state index contributed by atoms with van der Waals surface area (Å²) < 4.78 is 6.41. The molecule has 5 nitrogen and oxygen atoms in total. The first-order valence-corrected chi connectivity index (χ1v) is 8.57. The smallest absolute Gasteiger partial charge is 0.326 e. The molecule has 3 rings (SSSR count). The van der Waals surface area contributed by atoms with Gasteiger partial charge in [-0.2, -0.15) is 0 Å². The lowest BCUT2D eigenvalue weighted by Gasteiger charge is -2.17. The maximum Gasteiger partial charge on any atom is 0.326 e. The number of ether oxygens (including phenoxy) is 1. The van der Waals surface area contributed by atoms with Gasteiger partial charge in [-0.15, -0.1) is 11.3 Å². The van der Waals surface area contributed by atoms with Gasteiger partial charge in [0.25, 0.3) is 5.56 Å². The Morgan fingerprint density at radius 3 is 3.14 bits per heavy atom. The molecule has 0 N–H and O–H groups in total. The van der Waals surface area contributed by atoms with E-state index >= 15 is 0 Å². The molecule has 2 aromatic heterocycles. The molecule has 1 aliphatic rings. The first-order valence-electron chi connectivity index (χ1n) is 7.75. The molecule has 0 aliphatic heterocycles. The fourth-order valence-electron chi connectivity index (χ4n) is 2.88. The SMILES string of the molecule is CCCOC(=O)Cn1cnc2sc3c(c2c1=O)CC[C@H](C)C3. The van der Waals surface area contributed by atoms with Gasteiger partial charge in [-0.25, -0.2) is 4.98 Å². The first-order chi connectivity index (χ1) is 10.6. The van der Waals surface area contributed by atoms with Gasteiger partial charge >= 0.3 is 5.97 Å². The van der Waals surface area contributed by atoms with E-state index in [-0.39, 0.29) is 18.1 Å². The Hall–Kier alpha value is -1.69. The Morgan fingerprint density at radius 2 is 2.36 bits per heavy atom. The second-order valence-electron chi connectivity index (χ2n) is 5.93. The van der Waals surface area contributed by atoms with Crippen LogP contribution in [0.25, 0.3) is 10.2 Å². The molecule has 0 aromatic carbocycles. The van der Waals surface area contributed by atoms with Crippen molar-refractivity contribution in [2.24, 2.45) is 5.92 Å². The largest absolute Gasteiger partial charge is 0.464 e. The molecule has 0 fully saturated rings. The summed E-state index contributed by atoms with van der Waals surface area (Å²) in [6.07, 6.45) is 5.29. The average molecular weight is 320 g/mol. The summed E-state index contributed by atoms with van der Waals surface area (Å²) in [5.41, 5.74) is 1.03. The van der Waals surface area contributed by atoms with E-state index in [9.17, 15) is 9.59 Å². The normalized spacial score (nSPS) is 17.5. The van der Waals surface area contributed by atoms with Crippen molar-refractivity contribution in [1.82, 2.24) is 9.55 Å². The summed E-state index contributed by atoms with van der Waals surface area (Å²) in [4.78, 5) is 30.9. The minimum absolute atomic E-state index is 0.0667. The van der Waals surface area contributed by atoms with E-state index in [1.807, 2.05) is 6.92 Å². The van der Waals surface area contributed by atoms with E-state index in [0.717, 1.165) is 36.1 Å². The van der Waals surface area contributed by atoms with E-state index in [1.54, 1.807) is 11.3 Å². The zero-order valence-corrected chi connectivity index (χ0v) is 13.7. The topological polar surface area (TPSA) is 61.2 Å². The van der Waals surface area contributed by atoms with Crippen molar-refractivity contribution in [3.05, 3.63) is 27.1 Å². The summed E-state index contributed by atoms with van der Waals surface area (Å²) in [6.45, 7) is 4.49. The lowest BCUT2D eigenvalue weighted by Crippen LogP contribution is -2.26. The predicted molar refractivity (Wildman–Crippen MR) is 86.3 cm³/mol. The van der Waals surface area contributed by atoms with Gasteiger partial charge in [0.2, 0.25) is 0 Å². The van der Waals surface area contributed by atoms with Crippen LogP contribution in [-0.2, 0) is 28.9 Å². The highest BCUT2D eigenvalue weighted by Gasteiger charge is 2.23. The van der Waals surface area contributed by atoms with Crippen molar-refractivity contribution in [2.45, 2.75) is 46.1 Å². The number of esters is 1. The van der Waals surface area contributed by atoms with Gasteiger partial charge in [-0.05, 0) is 37.2 Å². The maximum atomic E-state index is 12.7. The number of fused-ring (bicyclic) bond motifs is 3. The summed E-state index contributed by atoms with van der Waals surface area (Å²) in [7, 11) is 0. The third-order valence-corrected chi connectivity index (χ3v) is 5.21. The van der Waals surface area contributed by atoms with Crippen LogP contribution >= 0.6 is 11.3 Å². The van der Waals surface area contributed by atoms with Crippen LogP contribution in [0.2, 0.25) is 0 Å². The number of thiophene rings is 1. The Kier molecular flexibility index (Phi) is 4.29. The number of carbonyl (C=O) groups is 1. The molecule has 0 saturated heterocycles. The summed E-state index contributed by atoms with van der Waals surface area (Å²) in [6, 6.07) is 0. The molecule has 0 saturated carbocycles. The van der Waals surface area contributed by atoms with E-state index < -0.39 is 0 Å². The monoisotopic (exact) mass is 320 g/mol. The van der Waals surface area contributed by atoms with Crippen LogP contribution in [0.4, 0.5) is 0 Å². The number of aryl methyl sites for hydroxylation is 1. The fraction of sp³-hybridized carbons (Fsp3) is 0.562. The fourth-order valence-corrected chi connectivity index (χ4v) is 4.22. The van der Waals surface area contributed by atoms with Gasteiger partial charge < -0.3 is 4.74 Å². The van der Waals surface area contributed by atoms with E-state index in [1.165, 1.54) is 15.8 Å². The molecule has 1 aliphatic carbocycles. The number of rotatable bonds is 4. The van der Waals surface area contributed by atoms with Crippen molar-refractivity contribution in [3.8, 4) is 0 Å². The zero-order valence-electron chi connectivity index (χ0n) is 12.9. The van der Waals surface area contributed by atoms with Gasteiger partial charge in [-0.3, -0.25) is 14.2 Å². The third kappa shape index (κ3) is 2.79. The number of aromatic nitrogens is 2. The number of hydrogen-bond donors (Lipinski definition) is 0. The molecule has 0 unspecified atom stereocenters. The molecule has 22 heavy (non-hydrogen) atoms. The van der Waals surface area contributed by atoms with E-state index in [4.69, 9.17) is 4.74 Å². The van der Waals surface area contributed by atoms with Crippen LogP contribution in [0.15, 0.2) is 11.1 Å². The van der Waals surface area contributed by atoms with Crippen molar-refractivity contribution in [2.75, 3.05) is 6.61 Å². The Balaban J connectivity index is 1.96. The van der Waals surface area contributed by atoms with Crippen LogP contribution in [0.3, 0.4) is 0 Å². The number of hydrogen-bond acceptors (Lipinski definition) is 5. The van der Waals surface area contributed by atoms with Gasteiger partial charge in [-0.1, -0.05) is 13.8 Å². The highest BCUT2D eigenvalue weighted by Crippen LogP contribution is 2.35. The van der Waals surface area contributed by atoms with Crippen LogP contribution < -0.4 is 5.56 Å². The highest BCUT2D eigenvalue weighted by molar-refractivity contribution is 7.18. The molecule has 0 amide bonds. The Bertz CT molecular complexity index is 763. The standard InChI is InChI=1S/C16H20N2O3S/c1-3-6-21-13(19)8-18-9-17-15-14(16(18)20)11-5-4-10(2)7-12(11)22-15/h9-10H,3-8H2,1-2H3/t10-/m0/s1.